The molecular weight excluding hydrogens is 276 g/mol. The molecule has 4 heteroatoms. The Bertz CT molecular complexity index is 552. The van der Waals surface area contributed by atoms with Crippen LogP contribution in [-0.2, 0) is 22.4 Å². The molecular formula is C18H24N2O2. The summed E-state index contributed by atoms with van der Waals surface area (Å²) < 4.78 is 5.87. The van der Waals surface area contributed by atoms with Gasteiger partial charge in [0.2, 0.25) is 5.91 Å². The van der Waals surface area contributed by atoms with E-state index >= 15 is 0 Å². The van der Waals surface area contributed by atoms with Crippen molar-refractivity contribution in [3.8, 4) is 0 Å². The molecule has 1 aliphatic carbocycles. The van der Waals surface area contributed by atoms with Crippen molar-refractivity contribution >= 4 is 5.91 Å². The molecule has 22 heavy (non-hydrogen) atoms. The molecule has 2 fully saturated rings. The number of benzene rings is 1. The molecule has 2 saturated heterocycles. The molecule has 0 saturated carbocycles. The van der Waals surface area contributed by atoms with Crippen molar-refractivity contribution in [2.45, 2.75) is 43.7 Å². The number of hydrogen-bond donors (Lipinski definition) is 1. The molecule has 0 bridgehead atoms. The van der Waals surface area contributed by atoms with Gasteiger partial charge >= 0.3 is 0 Å². The average molecular weight is 300 g/mol. The summed E-state index contributed by atoms with van der Waals surface area (Å²) in [5.74, 6) is 0.0249. The zero-order valence-corrected chi connectivity index (χ0v) is 13.0. The van der Waals surface area contributed by atoms with Gasteiger partial charge in [0, 0.05) is 25.7 Å². The number of carbonyl (C=O) groups is 1. The smallest absolute Gasteiger partial charge is 0.246 e. The minimum atomic E-state index is -0.100. The van der Waals surface area contributed by atoms with Gasteiger partial charge in [-0.15, -0.1) is 0 Å². The first-order valence-electron chi connectivity index (χ1n) is 8.46. The lowest BCUT2D eigenvalue weighted by Gasteiger charge is -2.46. The fourth-order valence-corrected chi connectivity index (χ4v) is 4.19. The molecule has 2 heterocycles. The van der Waals surface area contributed by atoms with Crippen LogP contribution in [-0.4, -0.2) is 48.7 Å². The third-order valence-electron chi connectivity index (χ3n) is 5.66. The SMILES string of the molecule is O=C1COC2(CCN([C@@H]3CCc4ccccc4C3)CC2)CN1. The fraction of sp³-hybridized carbons (Fsp3) is 0.611. The molecule has 1 aromatic rings. The van der Waals surface area contributed by atoms with Crippen LogP contribution in [0, 0.1) is 0 Å². The molecule has 4 rings (SSSR count). The van der Waals surface area contributed by atoms with Crippen LogP contribution in [0.25, 0.3) is 0 Å². The number of rotatable bonds is 1. The maximum absolute atomic E-state index is 11.3. The number of piperidine rings is 1. The topological polar surface area (TPSA) is 41.6 Å². The van der Waals surface area contributed by atoms with E-state index in [1.165, 1.54) is 30.4 Å². The quantitative estimate of drug-likeness (QED) is 0.855. The van der Waals surface area contributed by atoms with Crippen LogP contribution in [0.3, 0.4) is 0 Å². The van der Waals surface area contributed by atoms with Gasteiger partial charge in [0.05, 0.1) is 5.60 Å². The summed E-state index contributed by atoms with van der Waals surface area (Å²) in [6, 6.07) is 9.54. The number of likely N-dealkylation sites (tertiary alicyclic amines) is 1. The highest BCUT2D eigenvalue weighted by Crippen LogP contribution is 2.31. The van der Waals surface area contributed by atoms with E-state index in [4.69, 9.17) is 4.74 Å². The first kappa shape index (κ1) is 14.2. The lowest BCUT2D eigenvalue weighted by Crippen LogP contribution is -2.58. The van der Waals surface area contributed by atoms with E-state index < -0.39 is 0 Å². The summed E-state index contributed by atoms with van der Waals surface area (Å²) in [5, 5.41) is 2.97. The first-order valence-corrected chi connectivity index (χ1v) is 8.46. The zero-order chi connectivity index (χ0) is 15.0. The number of morpholine rings is 1. The van der Waals surface area contributed by atoms with Gasteiger partial charge in [-0.1, -0.05) is 24.3 Å². The molecule has 3 aliphatic rings. The lowest BCUT2D eigenvalue weighted by molar-refractivity contribution is -0.151. The Hall–Kier alpha value is -1.39. The van der Waals surface area contributed by atoms with Crippen molar-refractivity contribution in [3.63, 3.8) is 0 Å². The number of nitrogens with zero attached hydrogens (tertiary/aromatic N) is 1. The van der Waals surface area contributed by atoms with Gasteiger partial charge in [0.25, 0.3) is 0 Å². The third-order valence-corrected chi connectivity index (χ3v) is 5.66. The first-order chi connectivity index (χ1) is 10.7. The number of aryl methyl sites for hydroxylation is 1. The van der Waals surface area contributed by atoms with Gasteiger partial charge < -0.3 is 10.1 Å². The van der Waals surface area contributed by atoms with Crippen LogP contribution < -0.4 is 5.32 Å². The monoisotopic (exact) mass is 300 g/mol. The van der Waals surface area contributed by atoms with Crippen molar-refractivity contribution in [1.82, 2.24) is 10.2 Å². The molecule has 0 radical (unpaired) electrons. The Morgan fingerprint density at radius 3 is 2.68 bits per heavy atom. The summed E-state index contributed by atoms with van der Waals surface area (Å²) in [4.78, 5) is 13.9. The molecule has 1 amide bonds. The fourth-order valence-electron chi connectivity index (χ4n) is 4.19. The van der Waals surface area contributed by atoms with Crippen molar-refractivity contribution < 1.29 is 9.53 Å². The number of carbonyl (C=O) groups excluding carboxylic acids is 1. The van der Waals surface area contributed by atoms with Crippen LogP contribution in [0.5, 0.6) is 0 Å². The van der Waals surface area contributed by atoms with Crippen molar-refractivity contribution in [3.05, 3.63) is 35.4 Å². The van der Waals surface area contributed by atoms with Gasteiger partial charge in [-0.2, -0.15) is 0 Å². The minimum Gasteiger partial charge on any atom is -0.363 e. The Morgan fingerprint density at radius 2 is 1.95 bits per heavy atom. The predicted molar refractivity (Wildman–Crippen MR) is 84.8 cm³/mol. The van der Waals surface area contributed by atoms with E-state index in [1.807, 2.05) is 0 Å². The van der Waals surface area contributed by atoms with E-state index in [1.54, 1.807) is 0 Å². The highest BCUT2D eigenvalue weighted by molar-refractivity contribution is 5.78. The number of ether oxygens (including phenoxy) is 1. The average Bonchev–Trinajstić information content (AvgIpc) is 2.58. The number of hydrogen-bond acceptors (Lipinski definition) is 3. The summed E-state index contributed by atoms with van der Waals surface area (Å²) in [6.45, 7) is 3.09. The molecule has 2 aliphatic heterocycles. The van der Waals surface area contributed by atoms with Gasteiger partial charge in [-0.25, -0.2) is 0 Å². The number of nitrogens with one attached hydrogen (secondary N) is 1. The summed E-state index contributed by atoms with van der Waals surface area (Å²) in [5.41, 5.74) is 2.96. The number of amides is 1. The predicted octanol–water partition coefficient (Wildman–Crippen LogP) is 1.52. The Balaban J connectivity index is 1.37. The summed E-state index contributed by atoms with van der Waals surface area (Å²) in [6.07, 6.45) is 5.72. The normalized spacial score (nSPS) is 28.2. The van der Waals surface area contributed by atoms with E-state index in [2.05, 4.69) is 34.5 Å². The van der Waals surface area contributed by atoms with Crippen molar-refractivity contribution in [2.24, 2.45) is 0 Å². The van der Waals surface area contributed by atoms with Gasteiger partial charge in [0.15, 0.2) is 0 Å². The van der Waals surface area contributed by atoms with Crippen molar-refractivity contribution in [1.29, 1.82) is 0 Å². The molecule has 4 nitrogen and oxygen atoms in total. The molecule has 1 N–H and O–H groups in total. The molecule has 0 unspecified atom stereocenters. The Kier molecular flexibility index (Phi) is 3.66. The van der Waals surface area contributed by atoms with Gasteiger partial charge in [-0.3, -0.25) is 9.69 Å². The summed E-state index contributed by atoms with van der Waals surface area (Å²) >= 11 is 0. The molecule has 0 aromatic heterocycles. The second-order valence-corrected chi connectivity index (χ2v) is 6.95. The van der Waals surface area contributed by atoms with Crippen molar-refractivity contribution in [2.75, 3.05) is 26.2 Å². The van der Waals surface area contributed by atoms with Crippen LogP contribution in [0.4, 0.5) is 0 Å². The van der Waals surface area contributed by atoms with Crippen LogP contribution >= 0.6 is 0 Å². The summed E-state index contributed by atoms with van der Waals surface area (Å²) in [7, 11) is 0. The minimum absolute atomic E-state index is 0.0249. The molecule has 1 spiro atoms. The molecule has 118 valence electrons. The van der Waals surface area contributed by atoms with Gasteiger partial charge in [-0.05, 0) is 43.2 Å². The maximum Gasteiger partial charge on any atom is 0.246 e. The van der Waals surface area contributed by atoms with Gasteiger partial charge in [0.1, 0.15) is 6.61 Å². The van der Waals surface area contributed by atoms with E-state index in [0.29, 0.717) is 12.6 Å². The van der Waals surface area contributed by atoms with Crippen LogP contribution in [0.2, 0.25) is 0 Å². The van der Waals surface area contributed by atoms with E-state index in [-0.39, 0.29) is 18.1 Å². The third kappa shape index (κ3) is 2.66. The maximum atomic E-state index is 11.3. The van der Waals surface area contributed by atoms with Crippen LogP contribution in [0.15, 0.2) is 24.3 Å². The highest BCUT2D eigenvalue weighted by Gasteiger charge is 2.40. The Labute approximate surface area is 131 Å². The largest absolute Gasteiger partial charge is 0.363 e. The second kappa shape index (κ2) is 5.67. The molecule has 1 aromatic carbocycles. The van der Waals surface area contributed by atoms with Crippen LogP contribution in [0.1, 0.15) is 30.4 Å². The number of fused-ring (bicyclic) bond motifs is 1. The zero-order valence-electron chi connectivity index (χ0n) is 13.0. The standard InChI is InChI=1S/C18H24N2O2/c21-17-12-22-18(13-19-17)7-9-20(10-8-18)16-6-5-14-3-1-2-4-15(14)11-16/h1-4,16H,5-13H2,(H,19,21)/t16-/m1/s1. The van der Waals surface area contributed by atoms with E-state index in [9.17, 15) is 4.79 Å². The molecule has 1 atom stereocenters. The van der Waals surface area contributed by atoms with E-state index in [0.717, 1.165) is 25.9 Å². The highest BCUT2D eigenvalue weighted by atomic mass is 16.5. The second-order valence-electron chi connectivity index (χ2n) is 6.95. The lowest BCUT2D eigenvalue weighted by atomic mass is 9.84. The Morgan fingerprint density at radius 1 is 1.18 bits per heavy atom.